The minimum absolute atomic E-state index is 0.102. The van der Waals surface area contributed by atoms with Gasteiger partial charge in [-0.1, -0.05) is 246 Å². The van der Waals surface area contributed by atoms with E-state index >= 15 is 0 Å². The second-order valence-electron chi connectivity index (χ2n) is 17.2. The first-order valence-corrected chi connectivity index (χ1v) is 26.3. The SMILES string of the molecule is CC\C=C/C=C\C=C/C=C\C=C\C=C/CCCCCC(=O)OCC(COC(=O)CCCCCCCCCCCCCCC)OC(=O)CCCCC/C=C\C=C/CCCCCCCCC. The molecule has 0 saturated carbocycles. The smallest absolute Gasteiger partial charge is 0.306 e. The Balaban J connectivity index is 4.53. The van der Waals surface area contributed by atoms with Crippen molar-refractivity contribution in [1.29, 1.82) is 0 Å². The first-order chi connectivity index (χ1) is 31.5. The lowest BCUT2D eigenvalue weighted by atomic mass is 10.0. The molecule has 0 aromatic rings. The number of rotatable bonds is 46. The van der Waals surface area contributed by atoms with Crippen LogP contribution in [0.2, 0.25) is 0 Å². The first-order valence-electron chi connectivity index (χ1n) is 26.3. The lowest BCUT2D eigenvalue weighted by Crippen LogP contribution is -2.30. The molecule has 1 unspecified atom stereocenters. The minimum atomic E-state index is -0.809. The molecule has 0 aliphatic carbocycles. The van der Waals surface area contributed by atoms with Crippen molar-refractivity contribution in [1.82, 2.24) is 0 Å². The Hall–Kier alpha value is -3.67. The van der Waals surface area contributed by atoms with E-state index in [1.165, 1.54) is 109 Å². The molecule has 0 saturated heterocycles. The van der Waals surface area contributed by atoms with E-state index in [1.807, 2.05) is 60.8 Å². The summed E-state index contributed by atoms with van der Waals surface area (Å²) in [4.78, 5) is 38.0. The van der Waals surface area contributed by atoms with E-state index in [9.17, 15) is 14.4 Å². The highest BCUT2D eigenvalue weighted by Crippen LogP contribution is 2.14. The summed E-state index contributed by atoms with van der Waals surface area (Å²) in [6, 6.07) is 0. The van der Waals surface area contributed by atoms with Crippen LogP contribution >= 0.6 is 0 Å². The average molecular weight is 889 g/mol. The highest BCUT2D eigenvalue weighted by molar-refractivity contribution is 5.71. The van der Waals surface area contributed by atoms with Gasteiger partial charge in [-0.25, -0.2) is 0 Å². The van der Waals surface area contributed by atoms with Crippen LogP contribution in [0.4, 0.5) is 0 Å². The fourth-order valence-electron chi connectivity index (χ4n) is 7.05. The largest absolute Gasteiger partial charge is 0.462 e. The van der Waals surface area contributed by atoms with Gasteiger partial charge in [0.05, 0.1) is 0 Å². The van der Waals surface area contributed by atoms with E-state index in [2.05, 4.69) is 57.2 Å². The van der Waals surface area contributed by atoms with E-state index in [-0.39, 0.29) is 37.5 Å². The summed E-state index contributed by atoms with van der Waals surface area (Å²) in [7, 11) is 0. The lowest BCUT2D eigenvalue weighted by Gasteiger charge is -2.18. The molecular weight excluding hydrogens is 793 g/mol. The molecule has 1 atom stereocenters. The molecule has 0 N–H and O–H groups in total. The molecule has 0 rings (SSSR count). The van der Waals surface area contributed by atoms with Crippen molar-refractivity contribution in [2.75, 3.05) is 13.2 Å². The molecule has 0 fully saturated rings. The lowest BCUT2D eigenvalue weighted by molar-refractivity contribution is -0.167. The number of esters is 3. The predicted molar refractivity (Wildman–Crippen MR) is 274 cm³/mol. The van der Waals surface area contributed by atoms with Gasteiger partial charge in [-0.15, -0.1) is 0 Å². The molecule has 6 heteroatoms. The van der Waals surface area contributed by atoms with Crippen LogP contribution in [0.3, 0.4) is 0 Å². The Labute approximate surface area is 394 Å². The van der Waals surface area contributed by atoms with Crippen molar-refractivity contribution in [3.05, 3.63) is 97.2 Å². The summed E-state index contributed by atoms with van der Waals surface area (Å²) < 4.78 is 16.8. The fourth-order valence-corrected chi connectivity index (χ4v) is 7.05. The molecule has 0 bridgehead atoms. The quantitative estimate of drug-likeness (QED) is 0.0262. The summed E-state index contributed by atoms with van der Waals surface area (Å²) in [6.07, 6.45) is 68.1. The topological polar surface area (TPSA) is 78.9 Å². The second-order valence-corrected chi connectivity index (χ2v) is 17.2. The van der Waals surface area contributed by atoms with Crippen molar-refractivity contribution in [3.8, 4) is 0 Å². The third-order valence-electron chi connectivity index (χ3n) is 11.0. The highest BCUT2D eigenvalue weighted by atomic mass is 16.6. The molecule has 64 heavy (non-hydrogen) atoms. The highest BCUT2D eigenvalue weighted by Gasteiger charge is 2.19. The number of hydrogen-bond donors (Lipinski definition) is 0. The van der Waals surface area contributed by atoms with Gasteiger partial charge in [-0.3, -0.25) is 14.4 Å². The zero-order chi connectivity index (χ0) is 46.5. The Morgan fingerprint density at radius 3 is 0.984 bits per heavy atom. The Kier molecular flexibility index (Phi) is 49.0. The van der Waals surface area contributed by atoms with Gasteiger partial charge in [0, 0.05) is 19.3 Å². The van der Waals surface area contributed by atoms with Gasteiger partial charge in [0.1, 0.15) is 13.2 Å². The minimum Gasteiger partial charge on any atom is -0.462 e. The number of carbonyl (C=O) groups excluding carboxylic acids is 3. The summed E-state index contributed by atoms with van der Waals surface area (Å²) in [5.74, 6) is -0.975. The third-order valence-corrected chi connectivity index (χ3v) is 11.0. The van der Waals surface area contributed by atoms with Crippen LogP contribution < -0.4 is 0 Å². The normalized spacial score (nSPS) is 12.9. The van der Waals surface area contributed by atoms with Gasteiger partial charge in [0.25, 0.3) is 0 Å². The van der Waals surface area contributed by atoms with E-state index in [4.69, 9.17) is 14.2 Å². The van der Waals surface area contributed by atoms with E-state index < -0.39 is 6.10 Å². The van der Waals surface area contributed by atoms with Gasteiger partial charge in [0.15, 0.2) is 6.10 Å². The Morgan fingerprint density at radius 1 is 0.328 bits per heavy atom. The molecule has 0 heterocycles. The maximum Gasteiger partial charge on any atom is 0.306 e. The van der Waals surface area contributed by atoms with Gasteiger partial charge >= 0.3 is 17.9 Å². The maximum atomic E-state index is 12.8. The van der Waals surface area contributed by atoms with Crippen LogP contribution in [0.25, 0.3) is 0 Å². The molecule has 6 nitrogen and oxygen atoms in total. The van der Waals surface area contributed by atoms with Gasteiger partial charge < -0.3 is 14.2 Å². The van der Waals surface area contributed by atoms with Crippen molar-refractivity contribution in [2.24, 2.45) is 0 Å². The van der Waals surface area contributed by atoms with E-state index in [0.29, 0.717) is 12.8 Å². The van der Waals surface area contributed by atoms with Crippen LogP contribution in [-0.4, -0.2) is 37.2 Å². The molecule has 0 aliphatic heterocycles. The number of ether oxygens (including phenoxy) is 3. The molecule has 0 amide bonds. The first kappa shape index (κ1) is 60.3. The predicted octanol–water partition coefficient (Wildman–Crippen LogP) is 17.4. The van der Waals surface area contributed by atoms with E-state index in [0.717, 1.165) is 83.5 Å². The molecular formula is C58H96O6. The van der Waals surface area contributed by atoms with Crippen LogP contribution in [-0.2, 0) is 28.6 Å². The molecule has 364 valence electrons. The van der Waals surface area contributed by atoms with E-state index in [1.54, 1.807) is 0 Å². The maximum absolute atomic E-state index is 12.8. The molecule has 0 radical (unpaired) electrons. The molecule has 0 aromatic carbocycles. The monoisotopic (exact) mass is 889 g/mol. The van der Waals surface area contributed by atoms with Crippen molar-refractivity contribution in [3.63, 3.8) is 0 Å². The summed E-state index contributed by atoms with van der Waals surface area (Å²) >= 11 is 0. The van der Waals surface area contributed by atoms with Crippen molar-refractivity contribution < 1.29 is 28.6 Å². The second kappa shape index (κ2) is 52.0. The molecule has 0 spiro atoms. The molecule has 0 aliphatic rings. The van der Waals surface area contributed by atoms with Gasteiger partial charge in [-0.05, 0) is 64.2 Å². The number of hydrogen-bond acceptors (Lipinski definition) is 6. The van der Waals surface area contributed by atoms with Crippen LogP contribution in [0.1, 0.15) is 233 Å². The summed E-state index contributed by atoms with van der Waals surface area (Å²) in [5, 5.41) is 0. The Bertz CT molecular complexity index is 1300. The van der Waals surface area contributed by atoms with Gasteiger partial charge in [0.2, 0.25) is 0 Å². The average Bonchev–Trinajstić information content (AvgIpc) is 3.29. The zero-order valence-corrected chi connectivity index (χ0v) is 41.5. The van der Waals surface area contributed by atoms with Crippen LogP contribution in [0.5, 0.6) is 0 Å². The number of carbonyl (C=O) groups is 3. The van der Waals surface area contributed by atoms with Crippen LogP contribution in [0.15, 0.2) is 97.2 Å². The standard InChI is InChI=1S/C58H96O6/c1-4-7-10-13-16-19-22-25-27-29-31-33-36-39-42-45-48-51-57(60)63-54-55(53-62-56(59)50-47-44-41-38-35-32-24-21-18-15-12-9-6-3)64-58(61)52-49-46-43-40-37-34-30-28-26-23-20-17-14-11-8-5-2/h7,10,13,16,19,22,25,27-31,33-34,36-37,55H,4-6,8-9,11-12,14-15,17-18,20-21,23-24,26,32,35,38-54H2,1-3H3/b10-7-,16-13-,22-19-,27-25-,30-28-,31-29+,36-33-,37-34-. The number of unbranched alkanes of at least 4 members (excludes halogenated alkanes) is 25. The summed E-state index contributed by atoms with van der Waals surface area (Å²) in [5.41, 5.74) is 0. The van der Waals surface area contributed by atoms with Crippen LogP contribution in [0, 0.1) is 0 Å². The molecule has 0 aromatic heterocycles. The Morgan fingerprint density at radius 2 is 0.609 bits per heavy atom. The summed E-state index contributed by atoms with van der Waals surface area (Å²) in [6.45, 7) is 6.42. The van der Waals surface area contributed by atoms with Gasteiger partial charge in [-0.2, -0.15) is 0 Å². The number of allylic oxidation sites excluding steroid dienone is 16. The van der Waals surface area contributed by atoms with Crippen molar-refractivity contribution in [2.45, 2.75) is 239 Å². The van der Waals surface area contributed by atoms with Crippen molar-refractivity contribution >= 4 is 17.9 Å². The zero-order valence-electron chi connectivity index (χ0n) is 41.5. The third kappa shape index (κ3) is 49.3. The fraction of sp³-hybridized carbons (Fsp3) is 0.672.